The van der Waals surface area contributed by atoms with E-state index in [-0.39, 0.29) is 5.75 Å². The molecule has 4 rings (SSSR count). The first kappa shape index (κ1) is 20.0. The van der Waals surface area contributed by atoms with E-state index in [1.165, 1.54) is 12.1 Å². The molecule has 0 spiro atoms. The number of phenols is 1. The molecule has 0 atom stereocenters. The van der Waals surface area contributed by atoms with Crippen molar-refractivity contribution in [2.45, 2.75) is 25.6 Å². The lowest BCUT2D eigenvalue weighted by Crippen LogP contribution is -2.35. The van der Waals surface area contributed by atoms with Crippen LogP contribution in [0.5, 0.6) is 5.75 Å². The monoisotopic (exact) mass is 422 g/mol. The summed E-state index contributed by atoms with van der Waals surface area (Å²) in [6.45, 7) is 2.70. The van der Waals surface area contributed by atoms with Gasteiger partial charge in [0.1, 0.15) is 5.75 Å². The van der Waals surface area contributed by atoms with Gasteiger partial charge in [-0.1, -0.05) is 23.5 Å². The maximum atomic E-state index is 12.6. The molecule has 2 heterocycles. The third-order valence-electron chi connectivity index (χ3n) is 5.15. The number of piperidine rings is 1. The van der Waals surface area contributed by atoms with Gasteiger partial charge in [-0.05, 0) is 54.7 Å². The lowest BCUT2D eigenvalue weighted by molar-refractivity contribution is -0.137. The molecular weight excluding hydrogens is 401 g/mol. The SMILES string of the molecule is Oc1ccc2nc(N3CCC(COCc4ccc(C(F)(F)F)cc4)CC3)sc2c1. The Morgan fingerprint density at radius 1 is 1.10 bits per heavy atom. The molecule has 1 aromatic heterocycles. The van der Waals surface area contributed by atoms with E-state index in [1.54, 1.807) is 23.5 Å². The Bertz CT molecular complexity index is 964. The van der Waals surface area contributed by atoms with Gasteiger partial charge in [-0.15, -0.1) is 0 Å². The largest absolute Gasteiger partial charge is 0.508 e. The molecule has 0 aliphatic carbocycles. The van der Waals surface area contributed by atoms with Crippen LogP contribution in [0.4, 0.5) is 18.3 Å². The molecule has 8 heteroatoms. The number of hydrogen-bond acceptors (Lipinski definition) is 5. The van der Waals surface area contributed by atoms with Gasteiger partial charge >= 0.3 is 6.18 Å². The third kappa shape index (κ3) is 4.82. The number of aromatic hydroxyl groups is 1. The molecule has 154 valence electrons. The number of fused-ring (bicyclic) bond motifs is 1. The molecule has 1 aliphatic rings. The minimum absolute atomic E-state index is 0.247. The minimum Gasteiger partial charge on any atom is -0.508 e. The van der Waals surface area contributed by atoms with Gasteiger partial charge in [-0.25, -0.2) is 4.98 Å². The Morgan fingerprint density at radius 2 is 1.83 bits per heavy atom. The molecule has 4 nitrogen and oxygen atoms in total. The fraction of sp³-hybridized carbons (Fsp3) is 0.381. The van der Waals surface area contributed by atoms with Gasteiger partial charge in [0.2, 0.25) is 0 Å². The topological polar surface area (TPSA) is 45.6 Å². The summed E-state index contributed by atoms with van der Waals surface area (Å²) in [7, 11) is 0. The van der Waals surface area contributed by atoms with E-state index in [2.05, 4.69) is 9.88 Å². The first-order valence-corrected chi connectivity index (χ1v) is 10.3. The van der Waals surface area contributed by atoms with Crippen molar-refractivity contribution in [2.24, 2.45) is 5.92 Å². The average molecular weight is 422 g/mol. The van der Waals surface area contributed by atoms with Gasteiger partial charge in [-0.3, -0.25) is 0 Å². The first-order chi connectivity index (χ1) is 13.9. The minimum atomic E-state index is -4.31. The van der Waals surface area contributed by atoms with E-state index in [1.807, 2.05) is 6.07 Å². The molecule has 0 amide bonds. The van der Waals surface area contributed by atoms with Crippen molar-refractivity contribution in [3.63, 3.8) is 0 Å². The number of aromatic nitrogens is 1. The average Bonchev–Trinajstić information content (AvgIpc) is 3.11. The molecule has 0 radical (unpaired) electrons. The zero-order valence-corrected chi connectivity index (χ0v) is 16.5. The normalized spacial score (nSPS) is 15.9. The number of ether oxygens (including phenoxy) is 1. The summed E-state index contributed by atoms with van der Waals surface area (Å²) in [5.41, 5.74) is 0.997. The van der Waals surface area contributed by atoms with Crippen LogP contribution in [-0.4, -0.2) is 29.8 Å². The maximum Gasteiger partial charge on any atom is 0.416 e. The summed E-state index contributed by atoms with van der Waals surface area (Å²) in [5, 5.41) is 10.6. The van der Waals surface area contributed by atoms with Crippen molar-refractivity contribution in [1.29, 1.82) is 0 Å². The van der Waals surface area contributed by atoms with Crippen molar-refractivity contribution in [3.8, 4) is 5.75 Å². The Labute approximate surface area is 170 Å². The summed E-state index contributed by atoms with van der Waals surface area (Å²) in [6, 6.07) is 10.3. The number of hydrogen-bond donors (Lipinski definition) is 1. The highest BCUT2D eigenvalue weighted by Crippen LogP contribution is 2.33. The number of nitrogens with zero attached hydrogens (tertiary/aromatic N) is 2. The fourth-order valence-electron chi connectivity index (χ4n) is 3.46. The van der Waals surface area contributed by atoms with Crippen molar-refractivity contribution in [2.75, 3.05) is 24.6 Å². The molecule has 1 N–H and O–H groups in total. The van der Waals surface area contributed by atoms with E-state index in [9.17, 15) is 18.3 Å². The summed E-state index contributed by atoms with van der Waals surface area (Å²) in [4.78, 5) is 6.91. The number of rotatable bonds is 5. The van der Waals surface area contributed by atoms with Gasteiger partial charge in [0.05, 0.1) is 22.4 Å². The molecule has 1 saturated heterocycles. The fourth-order valence-corrected chi connectivity index (χ4v) is 4.51. The molecule has 29 heavy (non-hydrogen) atoms. The van der Waals surface area contributed by atoms with Crippen LogP contribution < -0.4 is 4.90 Å². The number of phenolic OH excluding ortho intramolecular Hbond substituents is 1. The van der Waals surface area contributed by atoms with Crippen LogP contribution in [0.15, 0.2) is 42.5 Å². The molecule has 3 aromatic rings. The first-order valence-electron chi connectivity index (χ1n) is 9.47. The van der Waals surface area contributed by atoms with Gasteiger partial charge in [-0.2, -0.15) is 13.2 Å². The van der Waals surface area contributed by atoms with Crippen LogP contribution in [0.3, 0.4) is 0 Å². The molecule has 0 bridgehead atoms. The summed E-state index contributed by atoms with van der Waals surface area (Å²) in [6.07, 6.45) is -2.35. The second-order valence-electron chi connectivity index (χ2n) is 7.29. The standard InChI is InChI=1S/C21H21F3N2O2S/c22-21(23,24)16-3-1-14(2-4-16)12-28-13-15-7-9-26(10-8-15)20-25-18-6-5-17(27)11-19(18)29-20/h1-6,11,15,27H,7-10,12-13H2. The zero-order chi connectivity index (χ0) is 20.4. The molecule has 1 fully saturated rings. The Balaban J connectivity index is 1.24. The third-order valence-corrected chi connectivity index (χ3v) is 6.23. The zero-order valence-electron chi connectivity index (χ0n) is 15.7. The van der Waals surface area contributed by atoms with Crippen LogP contribution in [0.25, 0.3) is 10.2 Å². The second-order valence-corrected chi connectivity index (χ2v) is 8.30. The predicted octanol–water partition coefficient (Wildman–Crippen LogP) is 5.45. The lowest BCUT2D eigenvalue weighted by Gasteiger charge is -2.31. The quantitative estimate of drug-likeness (QED) is 0.594. The summed E-state index contributed by atoms with van der Waals surface area (Å²) >= 11 is 1.58. The highest BCUT2D eigenvalue weighted by molar-refractivity contribution is 7.22. The summed E-state index contributed by atoms with van der Waals surface area (Å²) in [5.74, 6) is 0.677. The predicted molar refractivity (Wildman–Crippen MR) is 107 cm³/mol. The molecule has 2 aromatic carbocycles. The Morgan fingerprint density at radius 3 is 2.52 bits per heavy atom. The van der Waals surface area contributed by atoms with E-state index in [0.29, 0.717) is 19.1 Å². The number of alkyl halides is 3. The van der Waals surface area contributed by atoms with E-state index < -0.39 is 11.7 Å². The molecule has 0 unspecified atom stereocenters. The van der Waals surface area contributed by atoms with Gasteiger partial charge in [0, 0.05) is 19.7 Å². The number of halogens is 3. The van der Waals surface area contributed by atoms with E-state index in [0.717, 1.165) is 59.0 Å². The van der Waals surface area contributed by atoms with Crippen molar-refractivity contribution < 1.29 is 23.0 Å². The van der Waals surface area contributed by atoms with E-state index in [4.69, 9.17) is 4.74 Å². The Kier molecular flexibility index (Phi) is 5.65. The second kappa shape index (κ2) is 8.20. The Hall–Kier alpha value is -2.32. The van der Waals surface area contributed by atoms with Crippen LogP contribution in [-0.2, 0) is 17.5 Å². The van der Waals surface area contributed by atoms with Crippen molar-refractivity contribution in [1.82, 2.24) is 4.98 Å². The van der Waals surface area contributed by atoms with Crippen molar-refractivity contribution in [3.05, 3.63) is 53.6 Å². The van der Waals surface area contributed by atoms with Crippen LogP contribution in [0.1, 0.15) is 24.0 Å². The van der Waals surface area contributed by atoms with Gasteiger partial charge in [0.15, 0.2) is 5.13 Å². The highest BCUT2D eigenvalue weighted by atomic mass is 32.1. The maximum absolute atomic E-state index is 12.6. The lowest BCUT2D eigenvalue weighted by atomic mass is 9.98. The van der Waals surface area contributed by atoms with Gasteiger partial charge in [0.25, 0.3) is 0 Å². The van der Waals surface area contributed by atoms with Crippen LogP contribution >= 0.6 is 11.3 Å². The summed E-state index contributed by atoms with van der Waals surface area (Å²) < 4.78 is 44.5. The van der Waals surface area contributed by atoms with E-state index >= 15 is 0 Å². The molecule has 0 saturated carbocycles. The molecular formula is C21H21F3N2O2S. The molecule has 1 aliphatic heterocycles. The highest BCUT2D eigenvalue weighted by Gasteiger charge is 2.30. The number of thiazole rings is 1. The number of benzene rings is 2. The van der Waals surface area contributed by atoms with Crippen molar-refractivity contribution >= 4 is 26.7 Å². The smallest absolute Gasteiger partial charge is 0.416 e. The van der Waals surface area contributed by atoms with Crippen LogP contribution in [0, 0.1) is 5.92 Å². The van der Waals surface area contributed by atoms with Crippen LogP contribution in [0.2, 0.25) is 0 Å². The number of anilines is 1. The van der Waals surface area contributed by atoms with Gasteiger partial charge < -0.3 is 14.7 Å².